The maximum atomic E-state index is 6.14. The molecule has 1 heterocycles. The van der Waals surface area contributed by atoms with Crippen LogP contribution in [0.2, 0.25) is 5.02 Å². The monoisotopic (exact) mass is 292 g/mol. The first-order valence-electron chi connectivity index (χ1n) is 6.27. The molecule has 0 bridgehead atoms. The van der Waals surface area contributed by atoms with Gasteiger partial charge in [-0.2, -0.15) is 0 Å². The highest BCUT2D eigenvalue weighted by Gasteiger charge is 2.05. The highest BCUT2D eigenvalue weighted by atomic mass is 35.5. The fraction of sp³-hybridized carbons (Fsp3) is 0.267. The molecule has 0 aliphatic heterocycles. The molecule has 0 atom stereocenters. The van der Waals surface area contributed by atoms with Crippen LogP contribution in [0.15, 0.2) is 36.5 Å². The molecule has 0 aliphatic rings. The number of aromatic nitrogens is 1. The Bertz CT molecular complexity index is 558. The van der Waals surface area contributed by atoms with Gasteiger partial charge in [0.2, 0.25) is 5.88 Å². The Kier molecular flexibility index (Phi) is 5.21. The first-order valence-corrected chi connectivity index (χ1v) is 6.65. The molecule has 0 fully saturated rings. The Labute approximate surface area is 123 Å². The van der Waals surface area contributed by atoms with E-state index in [2.05, 4.69) is 10.3 Å². The second-order valence-corrected chi connectivity index (χ2v) is 4.70. The van der Waals surface area contributed by atoms with Crippen molar-refractivity contribution in [2.45, 2.75) is 13.2 Å². The Morgan fingerprint density at radius 3 is 2.55 bits per heavy atom. The molecule has 20 heavy (non-hydrogen) atoms. The summed E-state index contributed by atoms with van der Waals surface area (Å²) in [6.07, 6.45) is 1.76. The molecular formula is C15H17ClN2O2. The van der Waals surface area contributed by atoms with Crippen LogP contribution in [-0.4, -0.2) is 19.1 Å². The Morgan fingerprint density at radius 2 is 1.95 bits per heavy atom. The van der Waals surface area contributed by atoms with E-state index in [4.69, 9.17) is 21.1 Å². The normalized spacial score (nSPS) is 10.3. The van der Waals surface area contributed by atoms with Crippen molar-refractivity contribution in [1.82, 2.24) is 10.3 Å². The van der Waals surface area contributed by atoms with Gasteiger partial charge in [-0.25, -0.2) is 4.98 Å². The molecular weight excluding hydrogens is 276 g/mol. The van der Waals surface area contributed by atoms with Crippen LogP contribution in [0.1, 0.15) is 11.1 Å². The van der Waals surface area contributed by atoms with E-state index in [9.17, 15) is 0 Å². The molecule has 0 saturated carbocycles. The fourth-order valence-electron chi connectivity index (χ4n) is 1.75. The first kappa shape index (κ1) is 14.6. The minimum absolute atomic E-state index is 0.419. The lowest BCUT2D eigenvalue weighted by molar-refractivity contribution is 0.293. The smallest absolute Gasteiger partial charge is 0.232 e. The van der Waals surface area contributed by atoms with Gasteiger partial charge < -0.3 is 14.8 Å². The van der Waals surface area contributed by atoms with E-state index >= 15 is 0 Å². The van der Waals surface area contributed by atoms with E-state index in [1.165, 1.54) is 0 Å². The highest BCUT2D eigenvalue weighted by molar-refractivity contribution is 6.31. The number of hydrogen-bond acceptors (Lipinski definition) is 4. The number of pyridine rings is 1. The van der Waals surface area contributed by atoms with E-state index in [0.29, 0.717) is 17.5 Å². The van der Waals surface area contributed by atoms with Crippen LogP contribution >= 0.6 is 11.6 Å². The molecule has 0 radical (unpaired) electrons. The number of nitrogens with one attached hydrogen (secondary N) is 1. The van der Waals surface area contributed by atoms with E-state index < -0.39 is 0 Å². The third kappa shape index (κ3) is 3.85. The topological polar surface area (TPSA) is 43.4 Å². The van der Waals surface area contributed by atoms with Gasteiger partial charge in [0.05, 0.1) is 7.11 Å². The lowest BCUT2D eigenvalue weighted by atomic mass is 10.2. The summed E-state index contributed by atoms with van der Waals surface area (Å²) < 4.78 is 10.7. The van der Waals surface area contributed by atoms with E-state index in [-0.39, 0.29) is 0 Å². The van der Waals surface area contributed by atoms with Crippen molar-refractivity contribution < 1.29 is 9.47 Å². The molecule has 0 aliphatic carbocycles. The quantitative estimate of drug-likeness (QED) is 0.889. The second-order valence-electron chi connectivity index (χ2n) is 4.30. The average molecular weight is 293 g/mol. The zero-order valence-corrected chi connectivity index (χ0v) is 12.3. The summed E-state index contributed by atoms with van der Waals surface area (Å²) in [6, 6.07) is 9.53. The third-order valence-electron chi connectivity index (χ3n) is 2.78. The second kappa shape index (κ2) is 7.12. The molecule has 106 valence electrons. The maximum Gasteiger partial charge on any atom is 0.232 e. The lowest BCUT2D eigenvalue weighted by Crippen LogP contribution is -2.06. The zero-order chi connectivity index (χ0) is 14.4. The van der Waals surface area contributed by atoms with Gasteiger partial charge in [0.1, 0.15) is 17.4 Å². The van der Waals surface area contributed by atoms with Crippen LogP contribution in [0, 0.1) is 0 Å². The fourth-order valence-corrected chi connectivity index (χ4v) is 1.99. The average Bonchev–Trinajstić information content (AvgIpc) is 2.47. The number of benzene rings is 1. The first-order chi connectivity index (χ1) is 9.72. The van der Waals surface area contributed by atoms with Crippen molar-refractivity contribution in [3.05, 3.63) is 52.7 Å². The lowest BCUT2D eigenvalue weighted by Gasteiger charge is -2.09. The summed E-state index contributed by atoms with van der Waals surface area (Å²) in [5, 5.41) is 3.57. The van der Waals surface area contributed by atoms with Crippen molar-refractivity contribution in [1.29, 1.82) is 0 Å². The summed E-state index contributed by atoms with van der Waals surface area (Å²) in [7, 11) is 3.52. The zero-order valence-electron chi connectivity index (χ0n) is 11.5. The van der Waals surface area contributed by atoms with Crippen molar-refractivity contribution in [3.63, 3.8) is 0 Å². The Hall–Kier alpha value is -1.78. The summed E-state index contributed by atoms with van der Waals surface area (Å²) in [4.78, 5) is 4.23. The summed E-state index contributed by atoms with van der Waals surface area (Å²) >= 11 is 6.14. The molecule has 0 spiro atoms. The SMILES string of the molecule is CNCc1cnc(OCc2ccc(OC)cc2)c(Cl)c1. The summed E-state index contributed by atoms with van der Waals surface area (Å²) in [5.74, 6) is 1.27. The molecule has 0 unspecified atom stereocenters. The minimum atomic E-state index is 0.419. The molecule has 1 N–H and O–H groups in total. The molecule has 0 amide bonds. The third-order valence-corrected chi connectivity index (χ3v) is 3.05. The maximum absolute atomic E-state index is 6.14. The number of nitrogens with zero attached hydrogens (tertiary/aromatic N) is 1. The van der Waals surface area contributed by atoms with Crippen molar-refractivity contribution in [2.75, 3.05) is 14.2 Å². The predicted octanol–water partition coefficient (Wildman–Crippen LogP) is 3.04. The van der Waals surface area contributed by atoms with Crippen LogP contribution < -0.4 is 14.8 Å². The van der Waals surface area contributed by atoms with E-state index in [0.717, 1.165) is 23.4 Å². The minimum Gasteiger partial charge on any atom is -0.497 e. The molecule has 0 saturated heterocycles. The number of halogens is 1. The van der Waals surface area contributed by atoms with Crippen LogP contribution in [-0.2, 0) is 13.2 Å². The van der Waals surface area contributed by atoms with Gasteiger partial charge in [-0.3, -0.25) is 0 Å². The number of hydrogen-bond donors (Lipinski definition) is 1. The van der Waals surface area contributed by atoms with Gasteiger partial charge in [0.25, 0.3) is 0 Å². The summed E-state index contributed by atoms with van der Waals surface area (Å²) in [5.41, 5.74) is 2.05. The predicted molar refractivity (Wildman–Crippen MR) is 79.3 cm³/mol. The standard InChI is InChI=1S/C15H17ClN2O2/c1-17-8-12-7-14(16)15(18-9-12)20-10-11-3-5-13(19-2)6-4-11/h3-7,9,17H,8,10H2,1-2H3. The number of methoxy groups -OCH3 is 1. The molecule has 1 aromatic heterocycles. The number of rotatable bonds is 6. The van der Waals surface area contributed by atoms with Gasteiger partial charge in [-0.05, 0) is 36.4 Å². The van der Waals surface area contributed by atoms with Gasteiger partial charge in [-0.1, -0.05) is 23.7 Å². The van der Waals surface area contributed by atoms with Crippen molar-refractivity contribution in [3.8, 4) is 11.6 Å². The van der Waals surface area contributed by atoms with E-state index in [1.54, 1.807) is 13.3 Å². The molecule has 5 heteroatoms. The van der Waals surface area contributed by atoms with Gasteiger partial charge >= 0.3 is 0 Å². The largest absolute Gasteiger partial charge is 0.497 e. The van der Waals surface area contributed by atoms with Crippen LogP contribution in [0.4, 0.5) is 0 Å². The van der Waals surface area contributed by atoms with Crippen molar-refractivity contribution >= 4 is 11.6 Å². The Morgan fingerprint density at radius 1 is 1.20 bits per heavy atom. The number of ether oxygens (including phenoxy) is 2. The van der Waals surface area contributed by atoms with Crippen LogP contribution in [0.25, 0.3) is 0 Å². The van der Waals surface area contributed by atoms with E-state index in [1.807, 2.05) is 37.4 Å². The van der Waals surface area contributed by atoms with Crippen molar-refractivity contribution in [2.24, 2.45) is 0 Å². The highest BCUT2D eigenvalue weighted by Crippen LogP contribution is 2.23. The molecule has 4 nitrogen and oxygen atoms in total. The molecule has 2 aromatic rings. The molecule has 2 rings (SSSR count). The van der Waals surface area contributed by atoms with Crippen LogP contribution in [0.3, 0.4) is 0 Å². The van der Waals surface area contributed by atoms with Gasteiger partial charge in [0.15, 0.2) is 0 Å². The van der Waals surface area contributed by atoms with Crippen LogP contribution in [0.5, 0.6) is 11.6 Å². The summed E-state index contributed by atoms with van der Waals surface area (Å²) in [6.45, 7) is 1.15. The van der Waals surface area contributed by atoms with Gasteiger partial charge in [-0.15, -0.1) is 0 Å². The Balaban J connectivity index is 1.99. The van der Waals surface area contributed by atoms with Gasteiger partial charge in [0, 0.05) is 12.7 Å². The molecule has 1 aromatic carbocycles.